The van der Waals surface area contributed by atoms with Crippen LogP contribution in [-0.2, 0) is 32.1 Å². The second-order valence-electron chi connectivity index (χ2n) is 17.7. The Bertz CT molecular complexity index is 2280. The molecule has 324 valence electrons. The quantitative estimate of drug-likeness (QED) is 0.120. The van der Waals surface area contributed by atoms with Gasteiger partial charge in [-0.05, 0) is 100 Å². The van der Waals surface area contributed by atoms with E-state index in [1.54, 1.807) is 40.1 Å². The van der Waals surface area contributed by atoms with E-state index >= 15 is 4.39 Å². The molecule has 3 aliphatic rings. The van der Waals surface area contributed by atoms with Gasteiger partial charge in [0.15, 0.2) is 5.82 Å². The number of benzene rings is 2. The van der Waals surface area contributed by atoms with E-state index in [1.165, 1.54) is 29.2 Å². The first-order valence-corrected chi connectivity index (χ1v) is 21.2. The zero-order valence-electron chi connectivity index (χ0n) is 35.6. The van der Waals surface area contributed by atoms with E-state index in [4.69, 9.17) is 4.98 Å². The molecule has 2 aliphatic heterocycles. The first kappa shape index (κ1) is 43.1. The van der Waals surface area contributed by atoms with Gasteiger partial charge < -0.3 is 40.6 Å². The van der Waals surface area contributed by atoms with Crippen molar-refractivity contribution in [3.8, 4) is 11.5 Å². The Hall–Kier alpha value is -4.96. The molecule has 1 saturated carbocycles. The van der Waals surface area contributed by atoms with E-state index in [0.29, 0.717) is 58.0 Å². The first-order chi connectivity index (χ1) is 28.5. The lowest BCUT2D eigenvalue weighted by molar-refractivity contribution is -0.139. The molecule has 2 aromatic carbocycles. The van der Waals surface area contributed by atoms with E-state index in [-0.39, 0.29) is 66.8 Å². The summed E-state index contributed by atoms with van der Waals surface area (Å²) in [7, 11) is 3.34. The average molecular weight is 834 g/mol. The number of rotatable bonds is 15. The van der Waals surface area contributed by atoms with Crippen LogP contribution in [0.15, 0.2) is 36.4 Å². The number of likely N-dealkylation sites (tertiary alicyclic amines) is 2. The lowest BCUT2D eigenvalue weighted by Crippen LogP contribution is -2.56. The van der Waals surface area contributed by atoms with Gasteiger partial charge in [0, 0.05) is 42.5 Å². The zero-order chi connectivity index (χ0) is 43.3. The van der Waals surface area contributed by atoms with Crippen LogP contribution in [0.4, 0.5) is 13.2 Å². The number of halogens is 3. The third-order valence-electron chi connectivity index (χ3n) is 13.0. The predicted molar refractivity (Wildman–Crippen MR) is 223 cm³/mol. The molecule has 2 saturated heterocycles. The molecule has 4 heterocycles. The van der Waals surface area contributed by atoms with Crippen molar-refractivity contribution in [2.75, 3.05) is 27.2 Å². The molecule has 16 heteroatoms. The molecule has 4 amide bonds. The van der Waals surface area contributed by atoms with Crippen LogP contribution < -0.4 is 21.3 Å². The van der Waals surface area contributed by atoms with Gasteiger partial charge in [-0.15, -0.1) is 0 Å². The summed E-state index contributed by atoms with van der Waals surface area (Å²) in [4.78, 5) is 66.3. The van der Waals surface area contributed by atoms with Gasteiger partial charge >= 0.3 is 0 Å². The minimum Gasteiger partial charge on any atom is -0.352 e. The summed E-state index contributed by atoms with van der Waals surface area (Å²) in [5.41, 5.74) is 2.66. The van der Waals surface area contributed by atoms with E-state index in [0.717, 1.165) is 6.42 Å². The lowest BCUT2D eigenvalue weighted by Gasteiger charge is -2.34. The summed E-state index contributed by atoms with van der Waals surface area (Å²) in [6, 6.07) is 5.18. The van der Waals surface area contributed by atoms with Gasteiger partial charge in [-0.3, -0.25) is 19.2 Å². The number of nitrogens with zero attached hydrogens (tertiary/aromatic N) is 4. The monoisotopic (exact) mass is 833 g/mol. The molecule has 0 bridgehead atoms. The molecule has 1 aliphatic carbocycles. The number of H-pyrrole nitrogens is 1. The summed E-state index contributed by atoms with van der Waals surface area (Å²) < 4.78 is 47.2. The number of aromatic nitrogens is 3. The van der Waals surface area contributed by atoms with Gasteiger partial charge in [0.05, 0.1) is 41.4 Å². The van der Waals surface area contributed by atoms with Crippen molar-refractivity contribution >= 4 is 45.6 Å². The number of aromatic amines is 1. The van der Waals surface area contributed by atoms with Crippen LogP contribution >= 0.6 is 0 Å². The number of fused-ring (bicyclic) bond motifs is 3. The molecule has 13 nitrogen and oxygen atoms in total. The fourth-order valence-electron chi connectivity index (χ4n) is 9.12. The van der Waals surface area contributed by atoms with Crippen molar-refractivity contribution in [3.05, 3.63) is 53.6 Å². The highest BCUT2D eigenvalue weighted by molar-refractivity contribution is 5.93. The third kappa shape index (κ3) is 8.37. The van der Waals surface area contributed by atoms with Gasteiger partial charge in [-0.2, -0.15) is 0 Å². The second-order valence-corrected chi connectivity index (χ2v) is 17.7. The van der Waals surface area contributed by atoms with E-state index < -0.39 is 48.0 Å². The molecule has 7 rings (SSSR count). The molecule has 9 atom stereocenters. The number of likely N-dealkylation sites (N-methyl/N-ethyl adjacent to an activating group) is 2. The number of carbonyl (C=O) groups is 4. The molecule has 0 spiro atoms. The van der Waals surface area contributed by atoms with Gasteiger partial charge in [0.2, 0.25) is 23.6 Å². The highest BCUT2D eigenvalue weighted by Gasteiger charge is 2.55. The van der Waals surface area contributed by atoms with Crippen LogP contribution in [-0.4, -0.2) is 118 Å². The Morgan fingerprint density at radius 2 is 1.42 bits per heavy atom. The average Bonchev–Trinajstić information content (AvgIpc) is 3.42. The molecule has 2 unspecified atom stereocenters. The second kappa shape index (κ2) is 17.2. The molecule has 0 radical (unpaired) electrons. The van der Waals surface area contributed by atoms with Crippen molar-refractivity contribution in [1.82, 2.24) is 45.6 Å². The van der Waals surface area contributed by atoms with Crippen LogP contribution in [0.5, 0.6) is 0 Å². The summed E-state index contributed by atoms with van der Waals surface area (Å²) in [5.74, 6) is -1.64. The summed E-state index contributed by atoms with van der Waals surface area (Å²) in [6.45, 7) is 11.6. The third-order valence-corrected chi connectivity index (χ3v) is 13.0. The Labute approximate surface area is 348 Å². The van der Waals surface area contributed by atoms with Crippen molar-refractivity contribution in [3.63, 3.8) is 0 Å². The molecule has 2 aromatic heterocycles. The Morgan fingerprint density at radius 3 is 2.03 bits per heavy atom. The lowest BCUT2D eigenvalue weighted by atomic mass is 9.98. The summed E-state index contributed by atoms with van der Waals surface area (Å²) in [6.07, 6.45) is -0.139. The van der Waals surface area contributed by atoms with Gasteiger partial charge in [0.25, 0.3) is 0 Å². The fraction of sp³-hybridized carbons (Fsp3) is 0.568. The number of amides is 4. The van der Waals surface area contributed by atoms with Crippen LogP contribution in [0.1, 0.15) is 59.9 Å². The smallest absolute Gasteiger partial charge is 0.245 e. The van der Waals surface area contributed by atoms with Crippen LogP contribution in [0.3, 0.4) is 0 Å². The Kier molecular flexibility index (Phi) is 12.4. The van der Waals surface area contributed by atoms with Gasteiger partial charge in [-0.1, -0.05) is 27.7 Å². The van der Waals surface area contributed by atoms with Crippen LogP contribution in [0.25, 0.3) is 33.5 Å². The van der Waals surface area contributed by atoms with E-state index in [2.05, 4.69) is 26.3 Å². The standard InChI is InChI=1S/C44H58F3N9O4/c1-21(2)37(52-41(57)23(5)48-7)43(59)54-19-28(47)14-29(54)17-32-30-11-9-26(45)15-33(30)50-39(32)40-51-34-16-27(46)10-12-35(34)55(40)20-36-31-13-25(31)18-56(36)44(60)38(22(3)4)53-42(58)24(6)49-8/h9-12,15-16,21-25,28-29,31,36-38,48-50H,13-14,17-20H2,1-8H3,(H,52,57)(H,53,58)/t23-,24-,25-,28-,29-,31-,36+,37?,38?/m0/s1. The number of imidazole rings is 1. The molecule has 60 heavy (non-hydrogen) atoms. The maximum absolute atomic E-state index is 15.5. The number of hydrogen-bond donors (Lipinski definition) is 5. The molecular formula is C44H58F3N9O4. The number of carbonyl (C=O) groups excluding carboxylic acids is 4. The number of hydrogen-bond acceptors (Lipinski definition) is 7. The summed E-state index contributed by atoms with van der Waals surface area (Å²) >= 11 is 0. The Morgan fingerprint density at radius 1 is 0.817 bits per heavy atom. The predicted octanol–water partition coefficient (Wildman–Crippen LogP) is 4.29. The maximum Gasteiger partial charge on any atom is 0.245 e. The minimum absolute atomic E-state index is 0.0508. The fourth-order valence-corrected chi connectivity index (χ4v) is 9.12. The molecule has 5 N–H and O–H groups in total. The number of alkyl halides is 1. The van der Waals surface area contributed by atoms with Crippen molar-refractivity contribution < 1.29 is 32.3 Å². The topological polar surface area (TPSA) is 156 Å². The largest absolute Gasteiger partial charge is 0.352 e. The van der Waals surface area contributed by atoms with E-state index in [9.17, 15) is 28.0 Å². The SMILES string of the molecule is CN[C@@H](C)C(=O)NC(C(=O)N1C[C@@H](F)C[C@H]1Cc1c(-c2nc3cc(F)ccc3n2C[C@@H]2[C@H]3C[C@H]3CN2C(=O)C(NC(=O)[C@H](C)NC)C(C)C)[nH]c2cc(F)ccc12)C(C)C. The molecular weight excluding hydrogens is 776 g/mol. The zero-order valence-corrected chi connectivity index (χ0v) is 35.6. The normalized spacial score (nSPS) is 23.3. The molecule has 3 fully saturated rings. The van der Waals surface area contributed by atoms with Crippen molar-refractivity contribution in [1.29, 1.82) is 0 Å². The molecule has 4 aromatic rings. The number of piperidine rings is 1. The number of nitrogens with one attached hydrogen (secondary N) is 5. The minimum atomic E-state index is -1.31. The van der Waals surface area contributed by atoms with Crippen LogP contribution in [0.2, 0.25) is 0 Å². The van der Waals surface area contributed by atoms with Crippen molar-refractivity contribution in [2.45, 2.75) is 110 Å². The summed E-state index contributed by atoms with van der Waals surface area (Å²) in [5, 5.41) is 12.3. The maximum atomic E-state index is 15.5. The van der Waals surface area contributed by atoms with E-state index in [1.807, 2.05) is 37.2 Å². The van der Waals surface area contributed by atoms with Gasteiger partial charge in [0.1, 0.15) is 29.9 Å². The highest BCUT2D eigenvalue weighted by atomic mass is 19.1. The van der Waals surface area contributed by atoms with Crippen LogP contribution in [0, 0.1) is 35.3 Å². The first-order valence-electron chi connectivity index (χ1n) is 21.2. The highest BCUT2D eigenvalue weighted by Crippen LogP contribution is 2.51. The van der Waals surface area contributed by atoms with Gasteiger partial charge in [-0.25, -0.2) is 18.2 Å². The Balaban J connectivity index is 1.28. The van der Waals surface area contributed by atoms with Crippen molar-refractivity contribution in [2.24, 2.45) is 23.7 Å².